The quantitative estimate of drug-likeness (QED) is 0.641. The van der Waals surface area contributed by atoms with Crippen LogP contribution in [-0.2, 0) is 0 Å². The lowest BCUT2D eigenvalue weighted by Crippen LogP contribution is -2.09. The minimum atomic E-state index is -0.210. The molecule has 70 valence electrons. The first-order chi connectivity index (χ1) is 6.27. The maximum absolute atomic E-state index is 12.9. The third-order valence-electron chi connectivity index (χ3n) is 2.42. The van der Waals surface area contributed by atoms with Crippen LogP contribution in [0.4, 0.5) is 10.1 Å². The van der Waals surface area contributed by atoms with Crippen molar-refractivity contribution in [1.29, 1.82) is 0 Å². The van der Waals surface area contributed by atoms with E-state index in [9.17, 15) is 4.39 Å². The third kappa shape index (κ3) is 1.65. The van der Waals surface area contributed by atoms with Gasteiger partial charge in [0.05, 0.1) is 0 Å². The van der Waals surface area contributed by atoms with Crippen molar-refractivity contribution >= 4 is 5.69 Å². The van der Waals surface area contributed by atoms with Gasteiger partial charge in [-0.25, -0.2) is 4.39 Å². The van der Waals surface area contributed by atoms with Gasteiger partial charge in [-0.1, -0.05) is 0 Å². The summed E-state index contributed by atoms with van der Waals surface area (Å²) in [5.74, 6) is -0.210. The van der Waals surface area contributed by atoms with Gasteiger partial charge in [0.2, 0.25) is 0 Å². The molecular weight excluding hydrogens is 167 g/mol. The van der Waals surface area contributed by atoms with E-state index in [1.165, 1.54) is 12.1 Å². The molecule has 0 aliphatic carbocycles. The summed E-state index contributed by atoms with van der Waals surface area (Å²) in [5, 5.41) is 3.24. The first kappa shape index (κ1) is 8.51. The van der Waals surface area contributed by atoms with Crippen molar-refractivity contribution in [2.75, 3.05) is 11.9 Å². The zero-order valence-corrected chi connectivity index (χ0v) is 7.39. The predicted molar refractivity (Wildman–Crippen MR) is 51.1 cm³/mol. The molecule has 0 fully saturated rings. The van der Waals surface area contributed by atoms with Crippen LogP contribution in [0, 0.1) is 5.82 Å². The second-order valence-corrected chi connectivity index (χ2v) is 3.41. The molecule has 0 aromatic heterocycles. The van der Waals surface area contributed by atoms with Gasteiger partial charge in [0.1, 0.15) is 5.82 Å². The van der Waals surface area contributed by atoms with Crippen molar-refractivity contribution < 1.29 is 4.39 Å². The Kier molecular flexibility index (Phi) is 2.19. The fourth-order valence-electron chi connectivity index (χ4n) is 1.70. The smallest absolute Gasteiger partial charge is 0.123 e. The summed E-state index contributed by atoms with van der Waals surface area (Å²) in [7, 11) is 0. The van der Waals surface area contributed by atoms with Gasteiger partial charge in [-0.05, 0) is 36.6 Å². The molecule has 1 heterocycles. The highest BCUT2D eigenvalue weighted by Crippen LogP contribution is 2.27. The van der Waals surface area contributed by atoms with Gasteiger partial charge < -0.3 is 11.1 Å². The van der Waals surface area contributed by atoms with Crippen LogP contribution in [0.1, 0.15) is 24.4 Å². The number of nitrogens with two attached hydrogens (primary N) is 1. The number of rotatable bonds is 0. The zero-order chi connectivity index (χ0) is 9.26. The molecule has 0 saturated carbocycles. The van der Waals surface area contributed by atoms with Gasteiger partial charge in [-0.15, -0.1) is 0 Å². The van der Waals surface area contributed by atoms with Gasteiger partial charge in [0.25, 0.3) is 0 Å². The summed E-state index contributed by atoms with van der Waals surface area (Å²) in [5.41, 5.74) is 7.79. The van der Waals surface area contributed by atoms with Crippen LogP contribution >= 0.6 is 0 Å². The highest BCUT2D eigenvalue weighted by atomic mass is 19.1. The van der Waals surface area contributed by atoms with Crippen LogP contribution in [0.3, 0.4) is 0 Å². The fourth-order valence-corrected chi connectivity index (χ4v) is 1.70. The van der Waals surface area contributed by atoms with Crippen LogP contribution < -0.4 is 11.1 Å². The van der Waals surface area contributed by atoms with E-state index in [1.807, 2.05) is 0 Å². The molecule has 0 amide bonds. The summed E-state index contributed by atoms with van der Waals surface area (Å²) in [6, 6.07) is 4.72. The minimum Gasteiger partial charge on any atom is -0.385 e. The number of anilines is 1. The van der Waals surface area contributed by atoms with E-state index < -0.39 is 0 Å². The van der Waals surface area contributed by atoms with E-state index in [2.05, 4.69) is 5.32 Å². The van der Waals surface area contributed by atoms with E-state index in [4.69, 9.17) is 5.73 Å². The second-order valence-electron chi connectivity index (χ2n) is 3.41. The topological polar surface area (TPSA) is 38.0 Å². The van der Waals surface area contributed by atoms with Crippen molar-refractivity contribution in [3.05, 3.63) is 29.6 Å². The molecule has 1 aliphatic heterocycles. The summed E-state index contributed by atoms with van der Waals surface area (Å²) < 4.78 is 12.9. The van der Waals surface area contributed by atoms with E-state index >= 15 is 0 Å². The molecule has 1 aromatic rings. The van der Waals surface area contributed by atoms with Gasteiger partial charge >= 0.3 is 0 Å². The lowest BCUT2D eigenvalue weighted by Gasteiger charge is -2.11. The van der Waals surface area contributed by atoms with Crippen LogP contribution in [-0.4, -0.2) is 6.54 Å². The molecule has 1 atom stereocenters. The number of hydrogen-bond acceptors (Lipinski definition) is 2. The van der Waals surface area contributed by atoms with Crippen LogP contribution in [0.5, 0.6) is 0 Å². The zero-order valence-electron chi connectivity index (χ0n) is 7.39. The number of hydrogen-bond donors (Lipinski definition) is 2. The first-order valence-electron chi connectivity index (χ1n) is 4.56. The Hall–Kier alpha value is -1.09. The maximum atomic E-state index is 12.9. The molecule has 0 spiro atoms. The Morgan fingerprint density at radius 2 is 2.31 bits per heavy atom. The van der Waals surface area contributed by atoms with Gasteiger partial charge in [-0.3, -0.25) is 0 Å². The summed E-state index contributed by atoms with van der Waals surface area (Å²) in [4.78, 5) is 0. The number of halogens is 1. The molecule has 13 heavy (non-hydrogen) atoms. The molecule has 0 radical (unpaired) electrons. The van der Waals surface area contributed by atoms with Crippen molar-refractivity contribution in [3.8, 4) is 0 Å². The highest BCUT2D eigenvalue weighted by molar-refractivity contribution is 5.53. The lowest BCUT2D eigenvalue weighted by atomic mass is 10.0. The molecule has 1 aromatic carbocycles. The van der Waals surface area contributed by atoms with Crippen LogP contribution in [0.2, 0.25) is 0 Å². The monoisotopic (exact) mass is 180 g/mol. The number of fused-ring (bicyclic) bond motifs is 1. The van der Waals surface area contributed by atoms with Crippen LogP contribution in [0.25, 0.3) is 0 Å². The highest BCUT2D eigenvalue weighted by Gasteiger charge is 2.14. The predicted octanol–water partition coefficient (Wildman–Crippen LogP) is 2.03. The lowest BCUT2D eigenvalue weighted by molar-refractivity contribution is 0.610. The standard InChI is InChI=1S/C10H13FN2/c11-7-3-4-10-8(6-7)9(12)2-1-5-13-10/h3-4,6,9,13H,1-2,5,12H2. The summed E-state index contributed by atoms with van der Waals surface area (Å²) in [6.07, 6.45) is 1.96. The Morgan fingerprint density at radius 3 is 3.15 bits per heavy atom. The van der Waals surface area contributed by atoms with Gasteiger partial charge in [0.15, 0.2) is 0 Å². The molecule has 3 N–H and O–H groups in total. The number of nitrogens with one attached hydrogen (secondary N) is 1. The third-order valence-corrected chi connectivity index (χ3v) is 2.42. The van der Waals surface area contributed by atoms with E-state index in [0.29, 0.717) is 0 Å². The van der Waals surface area contributed by atoms with E-state index in [0.717, 1.165) is 30.6 Å². The van der Waals surface area contributed by atoms with Crippen molar-refractivity contribution in [3.63, 3.8) is 0 Å². The van der Waals surface area contributed by atoms with Crippen molar-refractivity contribution in [2.45, 2.75) is 18.9 Å². The summed E-state index contributed by atoms with van der Waals surface area (Å²) in [6.45, 7) is 0.923. The van der Waals surface area contributed by atoms with Crippen LogP contribution in [0.15, 0.2) is 18.2 Å². The maximum Gasteiger partial charge on any atom is 0.123 e. The average Bonchev–Trinajstić information content (AvgIpc) is 2.29. The SMILES string of the molecule is NC1CCCNc2ccc(F)cc21. The Balaban J connectivity index is 2.43. The molecule has 0 saturated heterocycles. The van der Waals surface area contributed by atoms with E-state index in [1.54, 1.807) is 6.07 Å². The van der Waals surface area contributed by atoms with Crippen molar-refractivity contribution in [2.24, 2.45) is 5.73 Å². The molecule has 1 aliphatic rings. The second kappa shape index (κ2) is 3.34. The molecule has 1 unspecified atom stereocenters. The van der Waals surface area contributed by atoms with Gasteiger partial charge in [0, 0.05) is 18.3 Å². The fraction of sp³-hybridized carbons (Fsp3) is 0.400. The molecule has 3 heteroatoms. The van der Waals surface area contributed by atoms with Gasteiger partial charge in [-0.2, -0.15) is 0 Å². The molecular formula is C10H13FN2. The largest absolute Gasteiger partial charge is 0.385 e. The first-order valence-corrected chi connectivity index (χ1v) is 4.56. The Bertz CT molecular complexity index is 312. The van der Waals surface area contributed by atoms with Crippen molar-refractivity contribution in [1.82, 2.24) is 0 Å². The molecule has 2 rings (SSSR count). The average molecular weight is 180 g/mol. The Morgan fingerprint density at radius 1 is 1.46 bits per heavy atom. The molecule has 2 nitrogen and oxygen atoms in total. The number of benzene rings is 1. The minimum absolute atomic E-state index is 0.0271. The molecule has 0 bridgehead atoms. The Labute approximate surface area is 76.9 Å². The summed E-state index contributed by atoms with van der Waals surface area (Å²) >= 11 is 0. The normalized spacial score (nSPS) is 21.5. The van der Waals surface area contributed by atoms with E-state index in [-0.39, 0.29) is 11.9 Å².